The number of halogens is 1. The number of amides is 1. The molecule has 50 heavy (non-hydrogen) atoms. The van der Waals surface area contributed by atoms with E-state index in [4.69, 9.17) is 4.74 Å². The summed E-state index contributed by atoms with van der Waals surface area (Å²) < 4.78 is 53.6. The summed E-state index contributed by atoms with van der Waals surface area (Å²) in [5, 5.41) is 11.0. The van der Waals surface area contributed by atoms with Crippen LogP contribution in [0.3, 0.4) is 0 Å². The molecule has 3 aromatic carbocycles. The number of aromatic nitrogens is 2. The van der Waals surface area contributed by atoms with E-state index in [0.29, 0.717) is 41.3 Å². The van der Waals surface area contributed by atoms with Gasteiger partial charge in [0.05, 0.1) is 29.2 Å². The van der Waals surface area contributed by atoms with Crippen molar-refractivity contribution >= 4 is 21.8 Å². The van der Waals surface area contributed by atoms with Crippen molar-refractivity contribution in [1.29, 1.82) is 0 Å². The topological polar surface area (TPSA) is 143 Å². The predicted octanol–water partition coefficient (Wildman–Crippen LogP) is 8.49. The molecule has 1 amide bonds. The van der Waals surface area contributed by atoms with Crippen LogP contribution < -0.4 is 10.1 Å². The molecule has 2 heterocycles. The van der Waals surface area contributed by atoms with Crippen molar-refractivity contribution in [3.63, 3.8) is 0 Å². The maximum absolute atomic E-state index is 15.0. The molecule has 12 heteroatoms. The van der Waals surface area contributed by atoms with Crippen molar-refractivity contribution in [2.24, 2.45) is 15.6 Å². The Hall–Kier alpha value is -5.33. The number of hydrogen-bond donors (Lipinski definition) is 2. The van der Waals surface area contributed by atoms with Gasteiger partial charge < -0.3 is 10.1 Å². The summed E-state index contributed by atoms with van der Waals surface area (Å²) in [6.07, 6.45) is 5.49. The molecule has 0 spiro atoms. The zero-order valence-corrected chi connectivity index (χ0v) is 28.6. The van der Waals surface area contributed by atoms with Gasteiger partial charge in [-0.1, -0.05) is 80.6 Å². The summed E-state index contributed by atoms with van der Waals surface area (Å²) in [6.45, 7) is 4.93. The van der Waals surface area contributed by atoms with Gasteiger partial charge in [0.25, 0.3) is 16.0 Å². The molecule has 2 aromatic heterocycles. The molecule has 258 valence electrons. The lowest BCUT2D eigenvalue weighted by Crippen LogP contribution is -2.34. The standard InChI is InChI=1S/C38H38FN5O5S/c1-38(2,26-42-36(45)29-18-19-34(41-24-29)44-43-25-28-14-6-9-17-33(28)50(46,47)48)21-10-11-23-49-37-35(31-15-7-8-16-32(31)39)30(20-22-40-37)27-12-4-3-5-13-27/h3-9,12-20,22,24H,10-11,21,23,25-26H2,1-2H3,(H,42,45)(H,46,47,48). The van der Waals surface area contributed by atoms with Crippen LogP contribution in [-0.4, -0.2) is 42.0 Å². The zero-order chi connectivity index (χ0) is 35.6. The van der Waals surface area contributed by atoms with Gasteiger partial charge in [-0.15, -0.1) is 5.11 Å². The third-order valence-electron chi connectivity index (χ3n) is 8.03. The van der Waals surface area contributed by atoms with Gasteiger partial charge in [0.1, 0.15) is 5.82 Å². The third-order valence-corrected chi connectivity index (χ3v) is 8.99. The molecule has 0 fully saturated rings. The van der Waals surface area contributed by atoms with Crippen LogP contribution in [0.2, 0.25) is 0 Å². The second-order valence-electron chi connectivity index (χ2n) is 12.4. The molecule has 0 saturated carbocycles. The van der Waals surface area contributed by atoms with Gasteiger partial charge in [0.15, 0.2) is 5.82 Å². The first-order valence-corrected chi connectivity index (χ1v) is 17.6. The highest BCUT2D eigenvalue weighted by Crippen LogP contribution is 2.39. The highest BCUT2D eigenvalue weighted by Gasteiger charge is 2.21. The second kappa shape index (κ2) is 16.4. The lowest BCUT2D eigenvalue weighted by atomic mass is 9.87. The van der Waals surface area contributed by atoms with Crippen LogP contribution in [0, 0.1) is 11.2 Å². The van der Waals surface area contributed by atoms with Gasteiger partial charge in [0.2, 0.25) is 5.88 Å². The van der Waals surface area contributed by atoms with Crippen molar-refractivity contribution in [3.8, 4) is 28.1 Å². The SMILES string of the molecule is CC(C)(CCCCOc1nccc(-c2ccccc2)c1-c1ccccc1F)CNC(=O)c1ccc(N=NCc2ccccc2S(=O)(=O)O)nc1. The molecule has 0 aliphatic rings. The lowest BCUT2D eigenvalue weighted by Gasteiger charge is -2.25. The smallest absolute Gasteiger partial charge is 0.294 e. The van der Waals surface area contributed by atoms with Crippen LogP contribution >= 0.6 is 0 Å². The molecular weight excluding hydrogens is 658 g/mol. The molecule has 0 radical (unpaired) electrons. The number of hydrogen-bond acceptors (Lipinski definition) is 8. The molecular formula is C38H38FN5O5S. The number of rotatable bonds is 15. The van der Waals surface area contributed by atoms with Crippen LogP contribution in [0.15, 0.2) is 125 Å². The van der Waals surface area contributed by atoms with Gasteiger partial charge in [-0.2, -0.15) is 13.5 Å². The van der Waals surface area contributed by atoms with E-state index in [1.165, 1.54) is 30.5 Å². The Kier molecular flexibility index (Phi) is 11.8. The van der Waals surface area contributed by atoms with Crippen molar-refractivity contribution in [2.75, 3.05) is 13.2 Å². The number of benzene rings is 3. The fraction of sp³-hybridized carbons (Fsp3) is 0.237. The predicted molar refractivity (Wildman–Crippen MR) is 189 cm³/mol. The Morgan fingerprint density at radius 1 is 0.900 bits per heavy atom. The van der Waals surface area contributed by atoms with Crippen LogP contribution in [0.4, 0.5) is 10.2 Å². The number of pyridine rings is 2. The van der Waals surface area contributed by atoms with E-state index in [1.54, 1.807) is 42.6 Å². The number of azo groups is 1. The molecule has 2 N–H and O–H groups in total. The fourth-order valence-electron chi connectivity index (χ4n) is 5.37. The highest BCUT2D eigenvalue weighted by atomic mass is 32.2. The van der Waals surface area contributed by atoms with Gasteiger partial charge >= 0.3 is 0 Å². The molecule has 0 saturated heterocycles. The zero-order valence-electron chi connectivity index (χ0n) is 27.8. The van der Waals surface area contributed by atoms with E-state index < -0.39 is 10.1 Å². The quantitative estimate of drug-likeness (QED) is 0.0635. The third kappa shape index (κ3) is 9.64. The van der Waals surface area contributed by atoms with Crippen molar-refractivity contribution < 1.29 is 26.9 Å². The van der Waals surface area contributed by atoms with Crippen molar-refractivity contribution in [2.45, 2.75) is 44.6 Å². The minimum absolute atomic E-state index is 0.0753. The number of ether oxygens (including phenoxy) is 1. The van der Waals surface area contributed by atoms with E-state index >= 15 is 0 Å². The Bertz CT molecular complexity index is 2060. The van der Waals surface area contributed by atoms with Crippen LogP contribution in [0.1, 0.15) is 49.0 Å². The summed E-state index contributed by atoms with van der Waals surface area (Å²) in [4.78, 5) is 21.2. The number of carbonyl (C=O) groups excluding carboxylic acids is 1. The van der Waals surface area contributed by atoms with Crippen LogP contribution in [0.25, 0.3) is 22.3 Å². The minimum atomic E-state index is -4.38. The van der Waals surface area contributed by atoms with Crippen molar-refractivity contribution in [3.05, 3.63) is 126 Å². The Morgan fingerprint density at radius 2 is 1.64 bits per heavy atom. The van der Waals surface area contributed by atoms with E-state index in [1.807, 2.05) is 36.4 Å². The Balaban J connectivity index is 1.10. The molecule has 0 aliphatic heterocycles. The van der Waals surface area contributed by atoms with E-state index in [9.17, 15) is 22.2 Å². The van der Waals surface area contributed by atoms with Gasteiger partial charge in [0, 0.05) is 24.5 Å². The minimum Gasteiger partial charge on any atom is -0.477 e. The highest BCUT2D eigenvalue weighted by molar-refractivity contribution is 7.85. The molecule has 0 unspecified atom stereocenters. The largest absolute Gasteiger partial charge is 0.477 e. The summed E-state index contributed by atoms with van der Waals surface area (Å²) in [6, 6.07) is 27.4. The number of unbranched alkanes of at least 4 members (excludes halogenated alkanes) is 1. The summed E-state index contributed by atoms with van der Waals surface area (Å²) in [5.74, 6) is 0.00841. The van der Waals surface area contributed by atoms with E-state index in [0.717, 1.165) is 30.4 Å². The summed E-state index contributed by atoms with van der Waals surface area (Å²) >= 11 is 0. The second-order valence-corrected chi connectivity index (χ2v) is 13.8. The molecule has 0 aliphatic carbocycles. The average molecular weight is 696 g/mol. The summed E-state index contributed by atoms with van der Waals surface area (Å²) in [7, 11) is -4.38. The average Bonchev–Trinajstić information content (AvgIpc) is 3.11. The first-order valence-electron chi connectivity index (χ1n) is 16.1. The monoisotopic (exact) mass is 695 g/mol. The maximum atomic E-state index is 15.0. The van der Waals surface area contributed by atoms with Gasteiger partial charge in [-0.05, 0) is 71.7 Å². The fourth-order valence-corrected chi connectivity index (χ4v) is 6.08. The van der Waals surface area contributed by atoms with Crippen LogP contribution in [0.5, 0.6) is 5.88 Å². The molecule has 5 rings (SSSR count). The molecule has 5 aromatic rings. The van der Waals surface area contributed by atoms with Crippen LogP contribution in [-0.2, 0) is 16.7 Å². The normalized spacial score (nSPS) is 11.8. The molecule has 0 bridgehead atoms. The first-order chi connectivity index (χ1) is 24.0. The number of nitrogens with zero attached hydrogens (tertiary/aromatic N) is 4. The lowest BCUT2D eigenvalue weighted by molar-refractivity contribution is 0.0933. The summed E-state index contributed by atoms with van der Waals surface area (Å²) in [5.41, 5.74) is 3.29. The van der Waals surface area contributed by atoms with Gasteiger partial charge in [-0.25, -0.2) is 14.4 Å². The Morgan fingerprint density at radius 3 is 2.38 bits per heavy atom. The molecule has 10 nitrogen and oxygen atoms in total. The Labute approximate surface area is 291 Å². The van der Waals surface area contributed by atoms with E-state index in [-0.39, 0.29) is 34.4 Å². The number of nitrogens with one attached hydrogen (secondary N) is 1. The van der Waals surface area contributed by atoms with Crippen molar-refractivity contribution in [1.82, 2.24) is 15.3 Å². The number of carbonyl (C=O) groups is 1. The molecule has 0 atom stereocenters. The van der Waals surface area contributed by atoms with Gasteiger partial charge in [-0.3, -0.25) is 9.35 Å². The maximum Gasteiger partial charge on any atom is 0.294 e. The first kappa shape index (κ1) is 36.0. The van der Waals surface area contributed by atoms with E-state index in [2.05, 4.69) is 39.4 Å².